The van der Waals surface area contributed by atoms with Crippen molar-refractivity contribution >= 4 is 17.7 Å². The largest absolute Gasteiger partial charge is 0.450 e. The van der Waals surface area contributed by atoms with E-state index in [4.69, 9.17) is 4.74 Å². The topological polar surface area (TPSA) is 67.4 Å². The molecule has 0 aromatic heterocycles. The Morgan fingerprint density at radius 3 is 2.63 bits per heavy atom. The molecule has 5 nitrogen and oxygen atoms in total. The van der Waals surface area contributed by atoms with Crippen LogP contribution < -0.4 is 10.6 Å². The Bertz CT molecular complexity index is 432. The molecule has 0 heterocycles. The average molecular weight is 264 g/mol. The van der Waals surface area contributed by atoms with Gasteiger partial charge in [0.05, 0.1) is 6.61 Å². The van der Waals surface area contributed by atoms with Gasteiger partial charge < -0.3 is 15.4 Å². The summed E-state index contributed by atoms with van der Waals surface area (Å²) in [5.74, 6) is -0.127. The lowest BCUT2D eigenvalue weighted by atomic mass is 10.1. The van der Waals surface area contributed by atoms with Crippen LogP contribution in [0.4, 0.5) is 10.5 Å². The van der Waals surface area contributed by atoms with Crippen LogP contribution in [-0.4, -0.2) is 25.2 Å². The maximum atomic E-state index is 11.7. The van der Waals surface area contributed by atoms with Crippen molar-refractivity contribution in [3.8, 4) is 0 Å². The van der Waals surface area contributed by atoms with Crippen molar-refractivity contribution < 1.29 is 14.3 Å². The van der Waals surface area contributed by atoms with Gasteiger partial charge in [0.25, 0.3) is 0 Å². The highest BCUT2D eigenvalue weighted by molar-refractivity contribution is 5.91. The third kappa shape index (κ3) is 5.42. The SMILES string of the molecule is CCOC(=O)NCCC(=O)Nc1ccccc1CC. The zero-order valence-electron chi connectivity index (χ0n) is 11.4. The van der Waals surface area contributed by atoms with Gasteiger partial charge in [0, 0.05) is 18.7 Å². The Morgan fingerprint density at radius 2 is 1.95 bits per heavy atom. The van der Waals surface area contributed by atoms with Gasteiger partial charge in [0.1, 0.15) is 0 Å². The fourth-order valence-electron chi connectivity index (χ4n) is 1.62. The highest BCUT2D eigenvalue weighted by Gasteiger charge is 2.06. The summed E-state index contributed by atoms with van der Waals surface area (Å²) in [6, 6.07) is 7.67. The maximum absolute atomic E-state index is 11.7. The fourth-order valence-corrected chi connectivity index (χ4v) is 1.62. The first-order chi connectivity index (χ1) is 9.17. The lowest BCUT2D eigenvalue weighted by Crippen LogP contribution is -2.28. The van der Waals surface area contributed by atoms with Crippen molar-refractivity contribution in [1.29, 1.82) is 0 Å². The number of carbonyl (C=O) groups excluding carboxylic acids is 2. The predicted octanol–water partition coefficient (Wildman–Crippen LogP) is 2.32. The van der Waals surface area contributed by atoms with E-state index in [0.717, 1.165) is 17.7 Å². The van der Waals surface area contributed by atoms with Crippen molar-refractivity contribution in [3.63, 3.8) is 0 Å². The summed E-state index contributed by atoms with van der Waals surface area (Å²) < 4.78 is 4.70. The van der Waals surface area contributed by atoms with E-state index >= 15 is 0 Å². The molecule has 0 saturated carbocycles. The summed E-state index contributed by atoms with van der Waals surface area (Å²) in [5, 5.41) is 5.34. The molecule has 0 radical (unpaired) electrons. The molecule has 0 unspecified atom stereocenters. The Hall–Kier alpha value is -2.04. The molecular formula is C14H20N2O3. The van der Waals surface area contributed by atoms with E-state index < -0.39 is 6.09 Å². The number of ether oxygens (including phenoxy) is 1. The molecule has 1 rings (SSSR count). The number of para-hydroxylation sites is 1. The number of amides is 2. The lowest BCUT2D eigenvalue weighted by molar-refractivity contribution is -0.116. The van der Waals surface area contributed by atoms with Gasteiger partial charge in [-0.15, -0.1) is 0 Å². The molecule has 1 aromatic rings. The van der Waals surface area contributed by atoms with Gasteiger partial charge in [0.15, 0.2) is 0 Å². The molecule has 2 N–H and O–H groups in total. The van der Waals surface area contributed by atoms with Crippen LogP contribution in [0.15, 0.2) is 24.3 Å². The van der Waals surface area contributed by atoms with Gasteiger partial charge in [-0.3, -0.25) is 4.79 Å². The monoisotopic (exact) mass is 264 g/mol. The first-order valence-electron chi connectivity index (χ1n) is 6.45. The number of hydrogen-bond acceptors (Lipinski definition) is 3. The van der Waals surface area contributed by atoms with Gasteiger partial charge in [-0.05, 0) is 25.0 Å². The summed E-state index contributed by atoms with van der Waals surface area (Å²) in [6.07, 6.45) is 0.582. The Morgan fingerprint density at radius 1 is 1.21 bits per heavy atom. The summed E-state index contributed by atoms with van der Waals surface area (Å²) >= 11 is 0. The molecule has 2 amide bonds. The molecule has 0 atom stereocenters. The van der Waals surface area contributed by atoms with E-state index in [0.29, 0.717) is 6.61 Å². The highest BCUT2D eigenvalue weighted by atomic mass is 16.5. The minimum atomic E-state index is -0.496. The molecule has 0 saturated heterocycles. The molecule has 1 aromatic carbocycles. The van der Waals surface area contributed by atoms with E-state index in [1.807, 2.05) is 31.2 Å². The van der Waals surface area contributed by atoms with E-state index in [1.54, 1.807) is 6.92 Å². The van der Waals surface area contributed by atoms with Crippen molar-refractivity contribution in [2.24, 2.45) is 0 Å². The molecule has 5 heteroatoms. The Kier molecular flexibility index (Phi) is 6.43. The second-order valence-corrected chi connectivity index (χ2v) is 3.96. The van der Waals surface area contributed by atoms with E-state index in [2.05, 4.69) is 10.6 Å². The number of anilines is 1. The van der Waals surface area contributed by atoms with Crippen LogP contribution in [0.5, 0.6) is 0 Å². The number of carbonyl (C=O) groups is 2. The molecule has 19 heavy (non-hydrogen) atoms. The van der Waals surface area contributed by atoms with E-state index in [-0.39, 0.29) is 18.9 Å². The smallest absolute Gasteiger partial charge is 0.407 e. The van der Waals surface area contributed by atoms with E-state index in [9.17, 15) is 9.59 Å². The molecule has 0 aliphatic carbocycles. The van der Waals surface area contributed by atoms with Gasteiger partial charge in [-0.2, -0.15) is 0 Å². The fraction of sp³-hybridized carbons (Fsp3) is 0.429. The zero-order chi connectivity index (χ0) is 14.1. The zero-order valence-corrected chi connectivity index (χ0v) is 11.4. The molecule has 0 aliphatic heterocycles. The van der Waals surface area contributed by atoms with Gasteiger partial charge in [-0.1, -0.05) is 25.1 Å². The second kappa shape index (κ2) is 8.13. The number of alkyl carbamates (subject to hydrolysis) is 1. The number of hydrogen-bond donors (Lipinski definition) is 2. The van der Waals surface area contributed by atoms with Gasteiger partial charge in [-0.25, -0.2) is 4.79 Å². The van der Waals surface area contributed by atoms with Crippen molar-refractivity contribution in [1.82, 2.24) is 5.32 Å². The minimum Gasteiger partial charge on any atom is -0.450 e. The first-order valence-corrected chi connectivity index (χ1v) is 6.45. The van der Waals surface area contributed by atoms with Crippen molar-refractivity contribution in [3.05, 3.63) is 29.8 Å². The number of aryl methyl sites for hydroxylation is 1. The summed E-state index contributed by atoms with van der Waals surface area (Å²) in [6.45, 7) is 4.35. The number of nitrogens with one attached hydrogen (secondary N) is 2. The average Bonchev–Trinajstić information content (AvgIpc) is 2.39. The number of benzene rings is 1. The molecular weight excluding hydrogens is 244 g/mol. The van der Waals surface area contributed by atoms with Gasteiger partial charge >= 0.3 is 6.09 Å². The molecule has 0 aliphatic rings. The first kappa shape index (κ1) is 15.0. The summed E-state index contributed by atoms with van der Waals surface area (Å²) in [7, 11) is 0. The second-order valence-electron chi connectivity index (χ2n) is 3.96. The van der Waals surface area contributed by atoms with Crippen LogP contribution in [0.25, 0.3) is 0 Å². The summed E-state index contributed by atoms with van der Waals surface area (Å²) in [5.41, 5.74) is 1.92. The van der Waals surface area contributed by atoms with Crippen LogP contribution in [-0.2, 0) is 16.0 Å². The minimum absolute atomic E-state index is 0.127. The highest BCUT2D eigenvalue weighted by Crippen LogP contribution is 2.15. The van der Waals surface area contributed by atoms with Crippen LogP contribution in [0.2, 0.25) is 0 Å². The quantitative estimate of drug-likeness (QED) is 0.828. The predicted molar refractivity (Wildman–Crippen MR) is 74.1 cm³/mol. The third-order valence-electron chi connectivity index (χ3n) is 2.57. The molecule has 0 bridgehead atoms. The van der Waals surface area contributed by atoms with Gasteiger partial charge in [0.2, 0.25) is 5.91 Å². The molecule has 0 spiro atoms. The third-order valence-corrected chi connectivity index (χ3v) is 2.57. The Labute approximate surface area is 113 Å². The maximum Gasteiger partial charge on any atom is 0.407 e. The van der Waals surface area contributed by atoms with Crippen LogP contribution >= 0.6 is 0 Å². The Balaban J connectivity index is 2.37. The van der Waals surface area contributed by atoms with E-state index in [1.165, 1.54) is 0 Å². The molecule has 0 fully saturated rings. The van der Waals surface area contributed by atoms with Crippen LogP contribution in [0.3, 0.4) is 0 Å². The number of rotatable bonds is 6. The van der Waals surface area contributed by atoms with Crippen molar-refractivity contribution in [2.45, 2.75) is 26.7 Å². The van der Waals surface area contributed by atoms with Crippen LogP contribution in [0.1, 0.15) is 25.8 Å². The standard InChI is InChI=1S/C14H20N2O3/c1-3-11-7-5-6-8-12(11)16-13(17)9-10-15-14(18)19-4-2/h5-8H,3-4,9-10H2,1-2H3,(H,15,18)(H,16,17). The lowest BCUT2D eigenvalue weighted by Gasteiger charge is -2.10. The van der Waals surface area contributed by atoms with Crippen molar-refractivity contribution in [2.75, 3.05) is 18.5 Å². The molecule has 104 valence electrons. The summed E-state index contributed by atoms with van der Waals surface area (Å²) in [4.78, 5) is 22.7. The normalized spacial score (nSPS) is 9.79. The van der Waals surface area contributed by atoms with Crippen LogP contribution in [0, 0.1) is 0 Å².